The molecule has 2 N–H and O–H groups in total. The van der Waals surface area contributed by atoms with Crippen LogP contribution in [0.5, 0.6) is 5.75 Å². The number of nitrogens with zero attached hydrogens (tertiary/aromatic N) is 1. The quantitative estimate of drug-likeness (QED) is 0.491. The molecule has 0 spiro atoms. The van der Waals surface area contributed by atoms with E-state index in [4.69, 9.17) is 9.73 Å². The molecule has 2 aromatic rings. The van der Waals surface area contributed by atoms with E-state index in [-0.39, 0.29) is 4.65 Å². The molecule has 0 saturated carbocycles. The largest absolute Gasteiger partial charge is 0.496 e. The Morgan fingerprint density at radius 2 is 2.15 bits per heavy atom. The zero-order chi connectivity index (χ0) is 13.7. The second kappa shape index (κ2) is 3.83. The summed E-state index contributed by atoms with van der Waals surface area (Å²) in [6.45, 7) is 0. The molecule has 1 unspecified atom stereocenters. The van der Waals surface area contributed by atoms with Gasteiger partial charge in [-0.05, 0) is 23.2 Å². The average Bonchev–Trinajstić information content (AvgIpc) is 3.00. The van der Waals surface area contributed by atoms with Gasteiger partial charge in [-0.1, -0.05) is 16.8 Å². The molecule has 5 heteroatoms. The minimum Gasteiger partial charge on any atom is -0.496 e. The van der Waals surface area contributed by atoms with Gasteiger partial charge in [-0.2, -0.15) is 5.26 Å². The summed E-state index contributed by atoms with van der Waals surface area (Å²) in [6, 6.07) is 5.86. The Morgan fingerprint density at radius 3 is 2.95 bits per heavy atom. The van der Waals surface area contributed by atoms with Crippen LogP contribution in [0.1, 0.15) is 0 Å². The van der Waals surface area contributed by atoms with E-state index >= 15 is 0 Å². The van der Waals surface area contributed by atoms with E-state index < -0.39 is 0 Å². The fraction of sp³-hybridized carbons (Fsp3) is 0.0667. The van der Waals surface area contributed by atoms with E-state index in [1.165, 1.54) is 0 Å². The van der Waals surface area contributed by atoms with Crippen molar-refractivity contribution < 1.29 is 19.6 Å². The molecule has 20 heavy (non-hydrogen) atoms. The number of ether oxygens (including phenoxy) is 1. The second-order valence-corrected chi connectivity index (χ2v) is 4.80. The van der Waals surface area contributed by atoms with Crippen LogP contribution in [0.15, 0.2) is 42.6 Å². The van der Waals surface area contributed by atoms with Crippen LogP contribution in [0.3, 0.4) is 0 Å². The zero-order valence-electron chi connectivity index (χ0n) is 10.8. The standard InChI is InChI=1S/C15H12N2O3/c1-19-13-7-4-5-11-14(13)10-9-17(20-18)8-3-2-6-12(17)15(10)16-11/h2-9,16H,1H3/p+1. The first-order valence-electron chi connectivity index (χ1n) is 6.29. The van der Waals surface area contributed by atoms with Gasteiger partial charge in [0.25, 0.3) is 0 Å². The fourth-order valence-corrected chi connectivity index (χ4v) is 2.92. The molecule has 1 aromatic carbocycles. The first kappa shape index (κ1) is 11.5. The van der Waals surface area contributed by atoms with Gasteiger partial charge in [-0.25, -0.2) is 0 Å². The van der Waals surface area contributed by atoms with Crippen LogP contribution in [-0.2, 0) is 4.99 Å². The van der Waals surface area contributed by atoms with E-state index in [0.29, 0.717) is 0 Å². The lowest BCUT2D eigenvalue weighted by atomic mass is 10.2. The summed E-state index contributed by atoms with van der Waals surface area (Å²) in [7, 11) is 1.65. The number of hydroxylamine groups is 3. The lowest BCUT2D eigenvalue weighted by molar-refractivity contribution is -1.01. The van der Waals surface area contributed by atoms with Gasteiger partial charge < -0.3 is 9.72 Å². The van der Waals surface area contributed by atoms with Crippen molar-refractivity contribution >= 4 is 22.8 Å². The molecule has 0 radical (unpaired) electrons. The molecule has 2 aliphatic heterocycles. The molecule has 1 atom stereocenters. The van der Waals surface area contributed by atoms with Crippen LogP contribution in [0, 0.1) is 0 Å². The van der Waals surface area contributed by atoms with Crippen LogP contribution in [0.2, 0.25) is 0 Å². The van der Waals surface area contributed by atoms with Gasteiger partial charge in [0, 0.05) is 6.08 Å². The van der Waals surface area contributed by atoms with Gasteiger partial charge in [0.05, 0.1) is 23.2 Å². The molecule has 0 amide bonds. The second-order valence-electron chi connectivity index (χ2n) is 4.80. The summed E-state index contributed by atoms with van der Waals surface area (Å²) in [4.78, 5) is 8.08. The monoisotopic (exact) mass is 269 g/mol. The molecule has 2 aliphatic rings. The molecule has 3 heterocycles. The van der Waals surface area contributed by atoms with Gasteiger partial charge in [0.15, 0.2) is 6.20 Å². The summed E-state index contributed by atoms with van der Waals surface area (Å²) in [5, 5.41) is 12.2. The Kier molecular flexibility index (Phi) is 2.20. The highest BCUT2D eigenvalue weighted by molar-refractivity contribution is 5.88. The molecule has 100 valence electrons. The number of nitrogens with one attached hydrogen (secondary N) is 1. The number of quaternary nitrogens is 1. The first-order chi connectivity index (χ1) is 9.79. The minimum absolute atomic E-state index is 0.161. The number of fused-ring (bicyclic) bond motifs is 4. The Hall–Kier alpha value is -2.34. The number of rotatable bonds is 2. The molecule has 0 bridgehead atoms. The number of H-pyrrole nitrogens is 1. The Bertz CT molecular complexity index is 892. The number of hydrogen-bond acceptors (Lipinski definition) is 3. The fourth-order valence-electron chi connectivity index (χ4n) is 2.92. The smallest absolute Gasteiger partial charge is 0.202 e. The third kappa shape index (κ3) is 1.26. The van der Waals surface area contributed by atoms with Crippen molar-refractivity contribution in [3.05, 3.63) is 53.2 Å². The summed E-state index contributed by atoms with van der Waals surface area (Å²) in [5.41, 5.74) is 1.83. The number of hydrogen-bond donors (Lipinski definition) is 2. The van der Waals surface area contributed by atoms with Crippen LogP contribution in [0.25, 0.3) is 22.8 Å². The van der Waals surface area contributed by atoms with E-state index in [1.54, 1.807) is 13.3 Å². The topological polar surface area (TPSA) is 54.5 Å². The van der Waals surface area contributed by atoms with Crippen LogP contribution in [0.4, 0.5) is 0 Å². The number of aromatic nitrogens is 1. The van der Waals surface area contributed by atoms with Gasteiger partial charge in [0.1, 0.15) is 17.3 Å². The summed E-state index contributed by atoms with van der Waals surface area (Å²) in [6.07, 6.45) is 9.29. The number of methoxy groups -OCH3 is 1. The minimum atomic E-state index is -0.161. The maximum Gasteiger partial charge on any atom is 0.202 e. The van der Waals surface area contributed by atoms with Crippen molar-refractivity contribution in [2.24, 2.45) is 0 Å². The van der Waals surface area contributed by atoms with Crippen LogP contribution in [-0.4, -0.2) is 22.0 Å². The van der Waals surface area contributed by atoms with Crippen molar-refractivity contribution in [3.8, 4) is 5.75 Å². The number of aromatic amines is 1. The first-order valence-corrected chi connectivity index (χ1v) is 6.29. The molecular weight excluding hydrogens is 256 g/mol. The maximum atomic E-state index is 9.33. The molecule has 0 aliphatic carbocycles. The van der Waals surface area contributed by atoms with Crippen molar-refractivity contribution in [2.75, 3.05) is 7.11 Å². The Morgan fingerprint density at radius 1 is 1.25 bits per heavy atom. The summed E-state index contributed by atoms with van der Waals surface area (Å²) in [5.74, 6) is 0.792. The van der Waals surface area contributed by atoms with Crippen molar-refractivity contribution in [1.29, 1.82) is 0 Å². The van der Waals surface area contributed by atoms with Crippen molar-refractivity contribution in [2.45, 2.75) is 0 Å². The predicted molar refractivity (Wildman–Crippen MR) is 74.2 cm³/mol. The highest BCUT2D eigenvalue weighted by atomic mass is 17.2. The molecular formula is C15H13N2O3+. The number of benzene rings is 1. The van der Waals surface area contributed by atoms with Gasteiger partial charge in [-0.3, -0.25) is 0 Å². The highest BCUT2D eigenvalue weighted by Crippen LogP contribution is 2.29. The molecule has 4 rings (SSSR count). The third-order valence-electron chi connectivity index (χ3n) is 3.81. The normalized spacial score (nSPS) is 22.8. The van der Waals surface area contributed by atoms with Crippen LogP contribution >= 0.6 is 0 Å². The van der Waals surface area contributed by atoms with E-state index in [1.807, 2.05) is 42.6 Å². The molecule has 1 aromatic heterocycles. The average molecular weight is 269 g/mol. The van der Waals surface area contributed by atoms with Gasteiger partial charge in [0.2, 0.25) is 5.70 Å². The van der Waals surface area contributed by atoms with Crippen molar-refractivity contribution in [1.82, 2.24) is 4.98 Å². The van der Waals surface area contributed by atoms with E-state index in [2.05, 4.69) is 4.98 Å². The molecule has 0 saturated heterocycles. The highest BCUT2D eigenvalue weighted by Gasteiger charge is 2.38. The number of allylic oxidation sites excluding steroid dienone is 2. The SMILES string of the molecule is COc1cccc2[nH]c3c(c12)=C[N+]1(OO)C=CC=CC=31. The Balaban J connectivity index is 2.20. The van der Waals surface area contributed by atoms with Crippen LogP contribution < -0.4 is 15.3 Å². The lowest BCUT2D eigenvalue weighted by Crippen LogP contribution is -2.34. The lowest BCUT2D eigenvalue weighted by Gasteiger charge is -2.22. The molecule has 5 nitrogen and oxygen atoms in total. The Labute approximate surface area is 114 Å². The van der Waals surface area contributed by atoms with E-state index in [9.17, 15) is 5.26 Å². The van der Waals surface area contributed by atoms with Gasteiger partial charge in [-0.15, -0.1) is 0 Å². The summed E-state index contributed by atoms with van der Waals surface area (Å²) < 4.78 is 5.27. The van der Waals surface area contributed by atoms with Gasteiger partial charge >= 0.3 is 0 Å². The zero-order valence-corrected chi connectivity index (χ0v) is 10.8. The predicted octanol–water partition coefficient (Wildman–Crippen LogP) is 1.34. The van der Waals surface area contributed by atoms with E-state index in [0.717, 1.165) is 32.9 Å². The summed E-state index contributed by atoms with van der Waals surface area (Å²) >= 11 is 0. The third-order valence-corrected chi connectivity index (χ3v) is 3.81. The maximum absolute atomic E-state index is 9.33. The molecule has 0 fully saturated rings. The van der Waals surface area contributed by atoms with Crippen molar-refractivity contribution in [3.63, 3.8) is 0 Å².